The van der Waals surface area contributed by atoms with Crippen molar-refractivity contribution in [1.29, 1.82) is 0 Å². The normalized spacial score (nSPS) is 26.7. The molecule has 0 amide bonds. The van der Waals surface area contributed by atoms with Gasteiger partial charge < -0.3 is 4.74 Å². The molecule has 1 aromatic rings. The predicted octanol–water partition coefficient (Wildman–Crippen LogP) is 7.27. The van der Waals surface area contributed by atoms with Gasteiger partial charge in [0.15, 0.2) is 0 Å². The van der Waals surface area contributed by atoms with E-state index in [1.807, 2.05) is 31.2 Å². The Balaban J connectivity index is 1.34. The Hall–Kier alpha value is -2.01. The molecule has 3 rings (SSSR count). The van der Waals surface area contributed by atoms with Gasteiger partial charge in [0.1, 0.15) is 6.10 Å². The Morgan fingerprint density at radius 1 is 1.03 bits per heavy atom. The van der Waals surface area contributed by atoms with Gasteiger partial charge in [0.25, 0.3) is 0 Å². The average molecular weight is 407 g/mol. The van der Waals surface area contributed by atoms with Crippen molar-refractivity contribution < 1.29 is 9.53 Å². The summed E-state index contributed by atoms with van der Waals surface area (Å²) in [7, 11) is 0. The van der Waals surface area contributed by atoms with E-state index in [2.05, 4.69) is 30.9 Å². The number of aryl methyl sites for hydroxylation is 1. The number of allylic oxidation sites excluding steroid dienone is 2. The highest BCUT2D eigenvalue weighted by Gasteiger charge is 2.23. The van der Waals surface area contributed by atoms with Gasteiger partial charge in [-0.25, -0.2) is 4.79 Å². The largest absolute Gasteiger partial charge is 0.459 e. The van der Waals surface area contributed by atoms with Gasteiger partial charge in [-0.1, -0.05) is 61.8 Å². The first-order valence-corrected chi connectivity index (χ1v) is 12.1. The number of carbonyl (C=O) groups excluding carboxylic acids is 1. The van der Waals surface area contributed by atoms with Crippen molar-refractivity contribution in [2.75, 3.05) is 0 Å². The number of rotatable bonds is 6. The lowest BCUT2D eigenvalue weighted by Gasteiger charge is -2.26. The molecule has 2 heteroatoms. The zero-order valence-electron chi connectivity index (χ0n) is 18.9. The van der Waals surface area contributed by atoms with Crippen LogP contribution in [-0.2, 0) is 4.74 Å². The Morgan fingerprint density at radius 3 is 2.40 bits per heavy atom. The van der Waals surface area contributed by atoms with Crippen molar-refractivity contribution in [3.8, 4) is 11.8 Å². The Morgan fingerprint density at radius 2 is 1.73 bits per heavy atom. The molecule has 2 fully saturated rings. The molecule has 0 heterocycles. The summed E-state index contributed by atoms with van der Waals surface area (Å²) in [5.41, 5.74) is 1.80. The minimum absolute atomic E-state index is 0.0373. The molecule has 2 saturated carbocycles. The highest BCUT2D eigenvalue weighted by atomic mass is 16.5. The highest BCUT2D eigenvalue weighted by molar-refractivity contribution is 5.89. The minimum Gasteiger partial charge on any atom is -0.459 e. The number of hydrogen-bond acceptors (Lipinski definition) is 2. The molecule has 0 N–H and O–H groups in total. The smallest absolute Gasteiger partial charge is 0.338 e. The van der Waals surface area contributed by atoms with Crippen LogP contribution >= 0.6 is 0 Å². The zero-order valence-corrected chi connectivity index (χ0v) is 18.9. The van der Waals surface area contributed by atoms with Gasteiger partial charge in [-0.05, 0) is 88.3 Å². The lowest BCUT2D eigenvalue weighted by molar-refractivity contribution is 0.0188. The van der Waals surface area contributed by atoms with E-state index in [0.717, 1.165) is 43.1 Å². The lowest BCUT2D eigenvalue weighted by Crippen LogP contribution is -2.24. The predicted molar refractivity (Wildman–Crippen MR) is 124 cm³/mol. The van der Waals surface area contributed by atoms with Crippen molar-refractivity contribution in [3.63, 3.8) is 0 Å². The zero-order chi connectivity index (χ0) is 21.2. The third kappa shape index (κ3) is 7.35. The fraction of sp³-hybridized carbons (Fsp3) is 0.607. The third-order valence-corrected chi connectivity index (χ3v) is 6.83. The summed E-state index contributed by atoms with van der Waals surface area (Å²) in [4.78, 5) is 12.3. The number of benzene rings is 1. The second-order valence-electron chi connectivity index (χ2n) is 9.32. The van der Waals surface area contributed by atoms with E-state index in [9.17, 15) is 4.79 Å². The Kier molecular flexibility index (Phi) is 9.06. The maximum atomic E-state index is 12.3. The van der Waals surface area contributed by atoms with Crippen LogP contribution < -0.4 is 0 Å². The molecule has 162 valence electrons. The maximum Gasteiger partial charge on any atom is 0.338 e. The summed E-state index contributed by atoms with van der Waals surface area (Å²) in [6.45, 7) is 4.31. The van der Waals surface area contributed by atoms with Gasteiger partial charge in [0, 0.05) is 5.92 Å². The first-order chi connectivity index (χ1) is 14.6. The van der Waals surface area contributed by atoms with Crippen LogP contribution in [0.5, 0.6) is 0 Å². The molecule has 2 aliphatic carbocycles. The highest BCUT2D eigenvalue weighted by Crippen LogP contribution is 2.32. The van der Waals surface area contributed by atoms with E-state index in [-0.39, 0.29) is 12.1 Å². The van der Waals surface area contributed by atoms with E-state index in [0.29, 0.717) is 11.5 Å². The molecule has 2 nitrogen and oxygen atoms in total. The molecule has 0 bridgehead atoms. The van der Waals surface area contributed by atoms with Gasteiger partial charge in [0.2, 0.25) is 0 Å². The molecule has 0 unspecified atom stereocenters. The molecule has 30 heavy (non-hydrogen) atoms. The van der Waals surface area contributed by atoms with Crippen molar-refractivity contribution in [2.45, 2.75) is 90.6 Å². The van der Waals surface area contributed by atoms with E-state index in [1.54, 1.807) is 0 Å². The van der Waals surface area contributed by atoms with Gasteiger partial charge in [-0.3, -0.25) is 0 Å². The van der Waals surface area contributed by atoms with Crippen molar-refractivity contribution in [3.05, 3.63) is 47.5 Å². The molecule has 1 aromatic carbocycles. The van der Waals surface area contributed by atoms with E-state index in [4.69, 9.17) is 4.74 Å². The van der Waals surface area contributed by atoms with E-state index >= 15 is 0 Å². The first kappa shape index (κ1) is 22.7. The molecular weight excluding hydrogens is 368 g/mol. The summed E-state index contributed by atoms with van der Waals surface area (Å²) < 4.78 is 5.70. The summed E-state index contributed by atoms with van der Waals surface area (Å²) in [5.74, 6) is 8.67. The second kappa shape index (κ2) is 12.0. The molecule has 0 atom stereocenters. The van der Waals surface area contributed by atoms with E-state index < -0.39 is 0 Å². The van der Waals surface area contributed by atoms with Crippen LogP contribution in [0.15, 0.2) is 36.4 Å². The summed E-state index contributed by atoms with van der Waals surface area (Å²) >= 11 is 0. The molecule has 0 aliphatic heterocycles. The molecule has 0 radical (unpaired) electrons. The van der Waals surface area contributed by atoms with Crippen LogP contribution in [0.1, 0.15) is 93.5 Å². The lowest BCUT2D eigenvalue weighted by atomic mass is 9.80. The fourth-order valence-corrected chi connectivity index (χ4v) is 4.75. The second-order valence-corrected chi connectivity index (χ2v) is 9.32. The number of unbranched alkanes of at least 4 members (excludes halogenated alkanes) is 1. The van der Waals surface area contributed by atoms with Crippen LogP contribution in [0, 0.1) is 36.5 Å². The number of esters is 1. The van der Waals surface area contributed by atoms with Gasteiger partial charge in [0.05, 0.1) is 5.56 Å². The summed E-state index contributed by atoms with van der Waals surface area (Å²) in [6, 6.07) is 7.60. The summed E-state index contributed by atoms with van der Waals surface area (Å²) in [5, 5.41) is 0. The molecule has 0 saturated heterocycles. The summed E-state index contributed by atoms with van der Waals surface area (Å²) in [6.07, 6.45) is 18.0. The van der Waals surface area contributed by atoms with Gasteiger partial charge in [-0.15, -0.1) is 0 Å². The third-order valence-electron chi connectivity index (χ3n) is 6.83. The van der Waals surface area contributed by atoms with Crippen molar-refractivity contribution in [1.82, 2.24) is 0 Å². The van der Waals surface area contributed by atoms with Crippen LogP contribution in [-0.4, -0.2) is 12.1 Å². The topological polar surface area (TPSA) is 26.3 Å². The van der Waals surface area contributed by atoms with Gasteiger partial charge in [-0.2, -0.15) is 0 Å². The monoisotopic (exact) mass is 406 g/mol. The van der Waals surface area contributed by atoms with Crippen LogP contribution in [0.4, 0.5) is 0 Å². The molecule has 0 spiro atoms. The number of carbonyl (C=O) groups is 1. The van der Waals surface area contributed by atoms with Crippen LogP contribution in [0.3, 0.4) is 0 Å². The first-order valence-electron chi connectivity index (χ1n) is 12.1. The average Bonchev–Trinajstić information content (AvgIpc) is 2.77. The van der Waals surface area contributed by atoms with Gasteiger partial charge >= 0.3 is 5.97 Å². The molecular formula is C28H38O2. The van der Waals surface area contributed by atoms with Crippen molar-refractivity contribution in [2.24, 2.45) is 17.8 Å². The molecule has 2 aliphatic rings. The number of hydrogen-bond donors (Lipinski definition) is 0. The number of ether oxygens (including phenoxy) is 1. The Bertz CT molecular complexity index is 733. The quantitative estimate of drug-likeness (QED) is 0.367. The standard InChI is InChI=1S/C28H38O2/c1-3-4-7-23-12-14-24(15-13-23)8-5-6-9-25-16-20-27(21-17-25)30-28(29)26-18-10-22(2)11-19-26/h5,8,10-11,18-19,23-25,27H,3-4,7,12-17,20-21H2,1-2H3/b8-5+. The fourth-order valence-electron chi connectivity index (χ4n) is 4.75. The van der Waals surface area contributed by atoms with Crippen LogP contribution in [0.25, 0.3) is 0 Å². The molecule has 0 aromatic heterocycles. The van der Waals surface area contributed by atoms with Crippen LogP contribution in [0.2, 0.25) is 0 Å². The maximum absolute atomic E-state index is 12.3. The van der Waals surface area contributed by atoms with Crippen molar-refractivity contribution >= 4 is 5.97 Å². The minimum atomic E-state index is -0.197. The SMILES string of the molecule is CCCCC1CCC(/C=C/C#CC2CCC(OC(=O)c3ccc(C)cc3)CC2)CC1. The van der Waals surface area contributed by atoms with E-state index in [1.165, 1.54) is 44.9 Å². The Labute approximate surface area is 183 Å².